The average molecular weight is 225 g/mol. The molecule has 1 aliphatic rings. The molecule has 0 amide bonds. The molecule has 0 radical (unpaired) electrons. The number of rotatable bonds is 2. The lowest BCUT2D eigenvalue weighted by molar-refractivity contribution is 0.0995. The molecule has 1 saturated carbocycles. The molecule has 0 atom stereocenters. The van der Waals surface area contributed by atoms with Crippen molar-refractivity contribution in [3.63, 3.8) is 0 Å². The van der Waals surface area contributed by atoms with E-state index in [4.69, 9.17) is 5.73 Å². The van der Waals surface area contributed by atoms with E-state index in [1.807, 2.05) is 0 Å². The third-order valence-electron chi connectivity index (χ3n) is 3.36. The second kappa shape index (κ2) is 4.50. The largest absolute Gasteiger partial charge is 0.328 e. The number of hydrogen-bond donors (Lipinski definition) is 1. The van der Waals surface area contributed by atoms with Crippen LogP contribution in [0.3, 0.4) is 0 Å². The Kier molecular flexibility index (Phi) is 3.24. The minimum atomic E-state index is -1.15. The molecule has 2 N–H and O–H groups in total. The van der Waals surface area contributed by atoms with Gasteiger partial charge in [-0.3, -0.25) is 0 Å². The normalized spacial score (nSPS) is 30.3. The average Bonchev–Trinajstić information content (AvgIpc) is 2.27. The number of nitrogens with two attached hydrogens (primary N) is 1. The molecule has 0 aliphatic heterocycles. The van der Waals surface area contributed by atoms with Gasteiger partial charge in [-0.25, -0.2) is 8.78 Å². The van der Waals surface area contributed by atoms with Crippen LogP contribution in [0.5, 0.6) is 0 Å². The van der Waals surface area contributed by atoms with E-state index in [1.165, 1.54) is 12.1 Å². The summed E-state index contributed by atoms with van der Waals surface area (Å²) in [5.74, 6) is -0.276. The maximum absolute atomic E-state index is 14.4. The first-order valence-corrected chi connectivity index (χ1v) is 5.76. The monoisotopic (exact) mass is 225 g/mol. The smallest absolute Gasteiger partial charge is 0.123 e. The van der Waals surface area contributed by atoms with Crippen molar-refractivity contribution >= 4 is 0 Å². The minimum absolute atomic E-state index is 0.150. The van der Waals surface area contributed by atoms with Gasteiger partial charge in [0.15, 0.2) is 0 Å². The molecule has 0 heterocycles. The quantitative estimate of drug-likeness (QED) is 0.822. The summed E-state index contributed by atoms with van der Waals surface area (Å²) in [6.45, 7) is 0. The van der Waals surface area contributed by atoms with Gasteiger partial charge in [-0.05, 0) is 43.4 Å². The summed E-state index contributed by atoms with van der Waals surface area (Å²) in [6.07, 6.45) is 2.91. The van der Waals surface area contributed by atoms with Crippen LogP contribution < -0.4 is 5.73 Å². The van der Waals surface area contributed by atoms with Gasteiger partial charge in [0.25, 0.3) is 0 Å². The Bertz CT molecular complexity index is 339. The van der Waals surface area contributed by atoms with Crippen LogP contribution in [0.1, 0.15) is 31.2 Å². The molecule has 16 heavy (non-hydrogen) atoms. The number of alkyl halides is 1. The second-order valence-electron chi connectivity index (χ2n) is 4.79. The topological polar surface area (TPSA) is 26.0 Å². The van der Waals surface area contributed by atoms with Crippen LogP contribution >= 0.6 is 0 Å². The lowest BCUT2D eigenvalue weighted by atomic mass is 9.80. The van der Waals surface area contributed by atoms with Crippen molar-refractivity contribution in [2.24, 2.45) is 5.73 Å². The first-order valence-electron chi connectivity index (χ1n) is 5.76. The zero-order chi connectivity index (χ0) is 11.6. The minimum Gasteiger partial charge on any atom is -0.328 e. The van der Waals surface area contributed by atoms with Crippen LogP contribution in [0, 0.1) is 5.82 Å². The molecule has 0 aromatic heterocycles. The van der Waals surface area contributed by atoms with Crippen molar-refractivity contribution in [1.29, 1.82) is 0 Å². The summed E-state index contributed by atoms with van der Waals surface area (Å²) in [7, 11) is 0. The zero-order valence-corrected chi connectivity index (χ0v) is 9.26. The van der Waals surface area contributed by atoms with Gasteiger partial charge in [0.05, 0.1) is 0 Å². The Balaban J connectivity index is 2.00. The molecule has 0 saturated heterocycles. The highest BCUT2D eigenvalue weighted by Crippen LogP contribution is 2.34. The molecule has 0 unspecified atom stereocenters. The lowest BCUT2D eigenvalue weighted by Crippen LogP contribution is -2.37. The molecule has 1 aromatic rings. The molecule has 1 fully saturated rings. The fourth-order valence-corrected chi connectivity index (χ4v) is 2.30. The Morgan fingerprint density at radius 2 is 1.75 bits per heavy atom. The van der Waals surface area contributed by atoms with Gasteiger partial charge < -0.3 is 5.73 Å². The van der Waals surface area contributed by atoms with Crippen LogP contribution in [0.25, 0.3) is 0 Å². The molecule has 1 nitrogen and oxygen atoms in total. The van der Waals surface area contributed by atoms with Crippen molar-refractivity contribution in [2.45, 2.75) is 43.8 Å². The van der Waals surface area contributed by atoms with Gasteiger partial charge in [0.1, 0.15) is 11.5 Å². The van der Waals surface area contributed by atoms with Gasteiger partial charge >= 0.3 is 0 Å². The van der Waals surface area contributed by atoms with Crippen molar-refractivity contribution in [3.8, 4) is 0 Å². The zero-order valence-electron chi connectivity index (χ0n) is 9.26. The van der Waals surface area contributed by atoms with Gasteiger partial charge in [-0.15, -0.1) is 0 Å². The fourth-order valence-electron chi connectivity index (χ4n) is 2.30. The third-order valence-corrected chi connectivity index (χ3v) is 3.36. The van der Waals surface area contributed by atoms with Crippen LogP contribution in [-0.4, -0.2) is 11.7 Å². The van der Waals surface area contributed by atoms with Crippen LogP contribution in [-0.2, 0) is 6.42 Å². The Morgan fingerprint density at radius 1 is 1.19 bits per heavy atom. The van der Waals surface area contributed by atoms with E-state index < -0.39 is 5.67 Å². The van der Waals surface area contributed by atoms with E-state index in [0.29, 0.717) is 19.3 Å². The van der Waals surface area contributed by atoms with Gasteiger partial charge in [-0.1, -0.05) is 12.1 Å². The lowest BCUT2D eigenvalue weighted by Gasteiger charge is -2.32. The Labute approximate surface area is 94.7 Å². The van der Waals surface area contributed by atoms with E-state index in [1.54, 1.807) is 12.1 Å². The Morgan fingerprint density at radius 3 is 2.31 bits per heavy atom. The van der Waals surface area contributed by atoms with E-state index in [-0.39, 0.29) is 11.9 Å². The summed E-state index contributed by atoms with van der Waals surface area (Å²) in [6, 6.07) is 6.23. The molecule has 2 rings (SSSR count). The van der Waals surface area contributed by atoms with E-state index >= 15 is 0 Å². The number of hydrogen-bond acceptors (Lipinski definition) is 1. The molecule has 1 aromatic carbocycles. The second-order valence-corrected chi connectivity index (χ2v) is 4.79. The summed E-state index contributed by atoms with van der Waals surface area (Å²) in [5, 5.41) is 0. The molecule has 0 bridgehead atoms. The molecular formula is C13H17F2N. The SMILES string of the molecule is NC1CCC(F)(Cc2ccc(F)cc2)CC1. The van der Waals surface area contributed by atoms with Crippen LogP contribution in [0.15, 0.2) is 24.3 Å². The highest BCUT2D eigenvalue weighted by atomic mass is 19.1. The maximum atomic E-state index is 14.4. The standard InChI is InChI=1S/C13H17F2N/c14-11-3-1-10(2-4-11)9-13(15)7-5-12(16)6-8-13/h1-4,12H,5-9,16H2. The first kappa shape index (κ1) is 11.5. The molecule has 3 heteroatoms. The van der Waals surface area contributed by atoms with Gasteiger partial charge in [-0.2, -0.15) is 0 Å². The third kappa shape index (κ3) is 2.79. The molecular weight excluding hydrogens is 208 g/mol. The predicted octanol–water partition coefficient (Wildman–Crippen LogP) is 2.98. The fraction of sp³-hybridized carbons (Fsp3) is 0.538. The number of benzene rings is 1. The summed E-state index contributed by atoms with van der Waals surface area (Å²) in [4.78, 5) is 0. The molecule has 1 aliphatic carbocycles. The van der Waals surface area contributed by atoms with Crippen LogP contribution in [0.4, 0.5) is 8.78 Å². The van der Waals surface area contributed by atoms with E-state index in [2.05, 4.69) is 0 Å². The maximum Gasteiger partial charge on any atom is 0.123 e. The van der Waals surface area contributed by atoms with Crippen molar-refractivity contribution < 1.29 is 8.78 Å². The van der Waals surface area contributed by atoms with E-state index in [9.17, 15) is 8.78 Å². The predicted molar refractivity (Wildman–Crippen MR) is 60.4 cm³/mol. The summed E-state index contributed by atoms with van der Waals surface area (Å²) in [5.41, 5.74) is 5.47. The first-order chi connectivity index (χ1) is 7.57. The van der Waals surface area contributed by atoms with Crippen molar-refractivity contribution in [1.82, 2.24) is 0 Å². The number of halogens is 2. The van der Waals surface area contributed by atoms with Crippen molar-refractivity contribution in [2.75, 3.05) is 0 Å². The summed E-state index contributed by atoms with van der Waals surface area (Å²) < 4.78 is 27.1. The van der Waals surface area contributed by atoms with Gasteiger partial charge in [0, 0.05) is 12.5 Å². The highest BCUT2D eigenvalue weighted by Gasteiger charge is 2.34. The van der Waals surface area contributed by atoms with Gasteiger partial charge in [0.2, 0.25) is 0 Å². The summed E-state index contributed by atoms with van der Waals surface area (Å²) >= 11 is 0. The highest BCUT2D eigenvalue weighted by molar-refractivity contribution is 5.18. The van der Waals surface area contributed by atoms with E-state index in [0.717, 1.165) is 18.4 Å². The Hall–Kier alpha value is -0.960. The molecule has 88 valence electrons. The molecule has 0 spiro atoms. The van der Waals surface area contributed by atoms with Crippen LogP contribution in [0.2, 0.25) is 0 Å². The van der Waals surface area contributed by atoms with Crippen molar-refractivity contribution in [3.05, 3.63) is 35.6 Å².